The second kappa shape index (κ2) is 1.82. The molecular formula is C6H8N2. The first-order chi connectivity index (χ1) is 3.84. The summed E-state index contributed by atoms with van der Waals surface area (Å²) in [5, 5.41) is 8.46. The van der Waals surface area contributed by atoms with E-state index < -0.39 is 0 Å². The monoisotopic (exact) mass is 108 g/mol. The molecule has 0 spiro atoms. The molecule has 0 aliphatic rings. The highest BCUT2D eigenvalue weighted by Crippen LogP contribution is 1.53. The Morgan fingerprint density at radius 2 is 2.62 bits per heavy atom. The Morgan fingerprint density at radius 1 is 1.88 bits per heavy atom. The van der Waals surface area contributed by atoms with Crippen molar-refractivity contribution in [2.75, 3.05) is 0 Å². The second-order valence-electron chi connectivity index (χ2n) is 1.59. The zero-order valence-corrected chi connectivity index (χ0v) is 4.81. The molecule has 1 rings (SSSR count). The molecule has 0 aliphatic heterocycles. The number of nitrogens with one attached hydrogen (secondary N) is 1. The van der Waals surface area contributed by atoms with Crippen molar-refractivity contribution in [2.45, 2.75) is 6.92 Å². The molecule has 0 fully saturated rings. The first kappa shape index (κ1) is 5.09. The maximum atomic E-state index is 3.77. The van der Waals surface area contributed by atoms with E-state index in [0.29, 0.717) is 0 Å². The van der Waals surface area contributed by atoms with E-state index in [4.69, 9.17) is 0 Å². The normalized spacial score (nSPS) is 12.4. The Hall–Kier alpha value is -1.05. The zero-order valence-electron chi connectivity index (χ0n) is 4.81. The van der Waals surface area contributed by atoms with Crippen LogP contribution in [0.3, 0.4) is 0 Å². The number of aromatic amines is 1. The second-order valence-corrected chi connectivity index (χ2v) is 1.59. The van der Waals surface area contributed by atoms with Gasteiger partial charge in [-0.2, -0.15) is 5.10 Å². The molecule has 0 radical (unpaired) electrons. The molecule has 0 saturated heterocycles. The van der Waals surface area contributed by atoms with Crippen molar-refractivity contribution in [1.82, 2.24) is 10.2 Å². The summed E-state index contributed by atoms with van der Waals surface area (Å²) in [5.41, 5.74) is 0. The third kappa shape index (κ3) is 0.644. The van der Waals surface area contributed by atoms with E-state index in [0.717, 1.165) is 10.6 Å². The first-order valence-electron chi connectivity index (χ1n) is 2.49. The van der Waals surface area contributed by atoms with Crippen molar-refractivity contribution >= 4 is 12.7 Å². The molecule has 0 unspecified atom stereocenters. The summed E-state index contributed by atoms with van der Waals surface area (Å²) in [6, 6.07) is 0. The summed E-state index contributed by atoms with van der Waals surface area (Å²) in [5.74, 6) is 0. The lowest BCUT2D eigenvalue weighted by molar-refractivity contribution is 1.06. The van der Waals surface area contributed by atoms with Crippen LogP contribution in [0.2, 0.25) is 0 Å². The van der Waals surface area contributed by atoms with Gasteiger partial charge in [0.15, 0.2) is 0 Å². The van der Waals surface area contributed by atoms with Crippen LogP contribution in [-0.4, -0.2) is 10.2 Å². The van der Waals surface area contributed by atoms with Crippen LogP contribution in [0.1, 0.15) is 6.92 Å². The summed E-state index contributed by atoms with van der Waals surface area (Å²) >= 11 is 0. The summed E-state index contributed by atoms with van der Waals surface area (Å²) in [6.45, 7) is 5.66. The van der Waals surface area contributed by atoms with Crippen LogP contribution in [0.5, 0.6) is 0 Å². The van der Waals surface area contributed by atoms with Gasteiger partial charge in [-0.3, -0.25) is 5.10 Å². The molecule has 0 aromatic carbocycles. The molecule has 0 aliphatic carbocycles. The van der Waals surface area contributed by atoms with Crippen LogP contribution in [0.4, 0.5) is 0 Å². The third-order valence-electron chi connectivity index (χ3n) is 1.06. The number of rotatable bonds is 0. The predicted octanol–water partition coefficient (Wildman–Crippen LogP) is -0.380. The number of H-pyrrole nitrogens is 1. The molecule has 2 heteroatoms. The quantitative estimate of drug-likeness (QED) is 0.482. The van der Waals surface area contributed by atoms with E-state index in [1.807, 2.05) is 13.0 Å². The smallest absolute Gasteiger partial charge is 0.0575 e. The zero-order chi connectivity index (χ0) is 5.98. The van der Waals surface area contributed by atoms with Crippen LogP contribution in [0, 0.1) is 0 Å². The van der Waals surface area contributed by atoms with Gasteiger partial charge in [-0.1, -0.05) is 12.7 Å². The fraction of sp³-hybridized carbons (Fsp3) is 0.167. The average Bonchev–Trinajstić information content (AvgIpc) is 2.14. The van der Waals surface area contributed by atoms with Gasteiger partial charge in [-0.05, 0) is 6.92 Å². The minimum Gasteiger partial charge on any atom is -0.278 e. The van der Waals surface area contributed by atoms with E-state index in [-0.39, 0.29) is 0 Å². The van der Waals surface area contributed by atoms with Gasteiger partial charge in [-0.15, -0.1) is 0 Å². The van der Waals surface area contributed by atoms with E-state index >= 15 is 0 Å². The number of hydrogen-bond donors (Lipinski definition) is 1. The molecule has 1 N–H and O–H groups in total. The van der Waals surface area contributed by atoms with Crippen molar-refractivity contribution in [3.63, 3.8) is 0 Å². The Balaban J connectivity index is 3.55. The molecule has 1 aromatic rings. The van der Waals surface area contributed by atoms with Crippen molar-refractivity contribution < 1.29 is 0 Å². The van der Waals surface area contributed by atoms with E-state index in [9.17, 15) is 0 Å². The fourth-order valence-corrected chi connectivity index (χ4v) is 0.571. The Kier molecular flexibility index (Phi) is 1.16. The van der Waals surface area contributed by atoms with Crippen LogP contribution < -0.4 is 10.6 Å². The summed E-state index contributed by atoms with van der Waals surface area (Å²) in [4.78, 5) is 0. The molecule has 42 valence electrons. The van der Waals surface area contributed by atoms with Crippen LogP contribution in [0.25, 0.3) is 12.7 Å². The van der Waals surface area contributed by atoms with Gasteiger partial charge < -0.3 is 0 Å². The van der Waals surface area contributed by atoms with Crippen LogP contribution >= 0.6 is 0 Å². The topological polar surface area (TPSA) is 28.7 Å². The van der Waals surface area contributed by atoms with Gasteiger partial charge in [0.25, 0.3) is 0 Å². The van der Waals surface area contributed by atoms with Gasteiger partial charge in [0.05, 0.1) is 11.5 Å². The van der Waals surface area contributed by atoms with Crippen LogP contribution in [0.15, 0.2) is 6.20 Å². The van der Waals surface area contributed by atoms with Gasteiger partial charge in [0.1, 0.15) is 0 Å². The average molecular weight is 108 g/mol. The van der Waals surface area contributed by atoms with Crippen molar-refractivity contribution in [3.8, 4) is 0 Å². The number of nitrogens with zero attached hydrogens (tertiary/aromatic N) is 1. The summed E-state index contributed by atoms with van der Waals surface area (Å²) < 4.78 is 0. The van der Waals surface area contributed by atoms with Gasteiger partial charge in [0.2, 0.25) is 0 Å². The highest BCUT2D eigenvalue weighted by Gasteiger charge is 1.76. The fourth-order valence-electron chi connectivity index (χ4n) is 0.571. The molecule has 0 bridgehead atoms. The maximum absolute atomic E-state index is 3.77. The highest BCUT2D eigenvalue weighted by molar-refractivity contribution is 5.17. The van der Waals surface area contributed by atoms with Gasteiger partial charge in [-0.25, -0.2) is 0 Å². The standard InChI is InChI=1S/C6H8N2/c1-3-6-4-7-8-5(6)2/h3-4,8H,2H2,1H3. The molecule has 0 amide bonds. The van der Waals surface area contributed by atoms with E-state index in [1.165, 1.54) is 0 Å². The third-order valence-corrected chi connectivity index (χ3v) is 1.06. The lowest BCUT2D eigenvalue weighted by atomic mass is 10.4. The highest BCUT2D eigenvalue weighted by atomic mass is 15.1. The van der Waals surface area contributed by atoms with Crippen molar-refractivity contribution in [3.05, 3.63) is 16.8 Å². The minimum atomic E-state index is 0.882. The lowest BCUT2D eigenvalue weighted by Gasteiger charge is -1.65. The lowest BCUT2D eigenvalue weighted by Crippen LogP contribution is -2.18. The maximum Gasteiger partial charge on any atom is 0.0575 e. The van der Waals surface area contributed by atoms with Crippen molar-refractivity contribution in [2.24, 2.45) is 0 Å². The molecule has 0 saturated carbocycles. The van der Waals surface area contributed by atoms with Crippen molar-refractivity contribution in [1.29, 1.82) is 0 Å². The Labute approximate surface area is 47.5 Å². The van der Waals surface area contributed by atoms with E-state index in [2.05, 4.69) is 16.8 Å². The van der Waals surface area contributed by atoms with Gasteiger partial charge >= 0.3 is 0 Å². The molecule has 1 heterocycles. The van der Waals surface area contributed by atoms with E-state index in [1.54, 1.807) is 6.20 Å². The summed E-state index contributed by atoms with van der Waals surface area (Å²) in [6.07, 6.45) is 3.72. The molecule has 2 nitrogen and oxygen atoms in total. The SMILES string of the molecule is C=c1[nH]ncc1=CC. The van der Waals surface area contributed by atoms with Gasteiger partial charge in [0, 0.05) is 5.22 Å². The molecule has 1 aromatic heterocycles. The van der Waals surface area contributed by atoms with Crippen LogP contribution in [-0.2, 0) is 0 Å². The number of hydrogen-bond acceptors (Lipinski definition) is 1. The molecular weight excluding hydrogens is 100 g/mol. The molecule has 0 atom stereocenters. The Morgan fingerprint density at radius 3 is 2.88 bits per heavy atom. The predicted molar refractivity (Wildman–Crippen MR) is 33.5 cm³/mol. The minimum absolute atomic E-state index is 0.882. The molecule has 8 heavy (non-hydrogen) atoms. The Bertz CT molecular complexity index is 258. The summed E-state index contributed by atoms with van der Waals surface area (Å²) in [7, 11) is 0. The first-order valence-corrected chi connectivity index (χ1v) is 2.49. The largest absolute Gasteiger partial charge is 0.278 e. The number of aromatic nitrogens is 2.